The van der Waals surface area contributed by atoms with E-state index in [9.17, 15) is 9.59 Å². The molecule has 0 bridgehead atoms. The zero-order valence-electron chi connectivity index (χ0n) is 16.9. The van der Waals surface area contributed by atoms with Gasteiger partial charge >= 0.3 is 0 Å². The molecule has 1 fully saturated rings. The van der Waals surface area contributed by atoms with Crippen LogP contribution < -0.4 is 15.6 Å². The number of amides is 1. The summed E-state index contributed by atoms with van der Waals surface area (Å²) >= 11 is 0. The van der Waals surface area contributed by atoms with Crippen LogP contribution >= 0.6 is 0 Å². The second-order valence-electron chi connectivity index (χ2n) is 7.46. The van der Waals surface area contributed by atoms with Gasteiger partial charge in [-0.1, -0.05) is 12.1 Å². The van der Waals surface area contributed by atoms with Crippen molar-refractivity contribution in [2.24, 2.45) is 0 Å². The van der Waals surface area contributed by atoms with Crippen LogP contribution in [0.25, 0.3) is 16.9 Å². The smallest absolute Gasteiger partial charge is 0.267 e. The fourth-order valence-electron chi connectivity index (χ4n) is 3.38. The average molecular weight is 416 g/mol. The lowest BCUT2D eigenvalue weighted by Crippen LogP contribution is -2.29. The second-order valence-corrected chi connectivity index (χ2v) is 7.46. The molecule has 0 aliphatic heterocycles. The van der Waals surface area contributed by atoms with E-state index in [0.717, 1.165) is 24.1 Å². The maximum atomic E-state index is 12.5. The predicted octanol–water partition coefficient (Wildman–Crippen LogP) is 2.48. The van der Waals surface area contributed by atoms with Crippen LogP contribution in [0.15, 0.2) is 59.5 Å². The number of hydrogen-bond acceptors (Lipinski definition) is 6. The normalized spacial score (nSPS) is 13.3. The summed E-state index contributed by atoms with van der Waals surface area (Å²) in [6.45, 7) is -0.137. The highest BCUT2D eigenvalue weighted by molar-refractivity contribution is 5.91. The van der Waals surface area contributed by atoms with E-state index in [0.29, 0.717) is 28.8 Å². The first-order valence-corrected chi connectivity index (χ1v) is 9.98. The first-order chi connectivity index (χ1) is 15.1. The van der Waals surface area contributed by atoms with Crippen molar-refractivity contribution in [2.75, 3.05) is 12.4 Å². The van der Waals surface area contributed by atoms with Gasteiger partial charge in [-0.2, -0.15) is 5.10 Å². The van der Waals surface area contributed by atoms with Crippen molar-refractivity contribution in [3.63, 3.8) is 0 Å². The molecule has 9 heteroatoms. The number of carbonyl (C=O) groups excluding carboxylic acids is 1. The summed E-state index contributed by atoms with van der Waals surface area (Å²) in [5, 5.41) is 11.5. The number of aromatic nitrogens is 5. The Balaban J connectivity index is 1.34. The summed E-state index contributed by atoms with van der Waals surface area (Å²) in [6, 6.07) is 14.1. The lowest BCUT2D eigenvalue weighted by atomic mass is 10.1. The Labute approximate surface area is 177 Å². The number of ether oxygens (including phenoxy) is 1. The fourth-order valence-corrected chi connectivity index (χ4v) is 3.38. The molecular formula is C22H20N6O3. The van der Waals surface area contributed by atoms with Gasteiger partial charge in [0.1, 0.15) is 6.54 Å². The Hall–Kier alpha value is -4.01. The number of fused-ring (bicyclic) bond motifs is 1. The third kappa shape index (κ3) is 4.02. The van der Waals surface area contributed by atoms with Crippen LogP contribution in [0.2, 0.25) is 0 Å². The maximum absolute atomic E-state index is 12.5. The van der Waals surface area contributed by atoms with Gasteiger partial charge in [0.15, 0.2) is 5.65 Å². The van der Waals surface area contributed by atoms with Crippen LogP contribution in [-0.4, -0.2) is 37.4 Å². The molecule has 1 aliphatic rings. The van der Waals surface area contributed by atoms with E-state index in [4.69, 9.17) is 4.74 Å². The van der Waals surface area contributed by atoms with Crippen LogP contribution in [0.4, 0.5) is 5.69 Å². The molecule has 156 valence electrons. The Bertz CT molecular complexity index is 1340. The monoisotopic (exact) mass is 416 g/mol. The van der Waals surface area contributed by atoms with Crippen LogP contribution in [0.3, 0.4) is 0 Å². The highest BCUT2D eigenvalue weighted by Gasteiger charge is 2.25. The van der Waals surface area contributed by atoms with Crippen LogP contribution in [0.5, 0.6) is 5.88 Å². The summed E-state index contributed by atoms with van der Waals surface area (Å²) in [5.74, 6) is 0.583. The van der Waals surface area contributed by atoms with Crippen molar-refractivity contribution in [3.05, 3.63) is 70.8 Å². The minimum absolute atomic E-state index is 0.137. The Morgan fingerprint density at radius 2 is 2.03 bits per heavy atom. The van der Waals surface area contributed by atoms with Gasteiger partial charge in [-0.25, -0.2) is 14.2 Å². The molecule has 1 amide bonds. The summed E-state index contributed by atoms with van der Waals surface area (Å²) in [4.78, 5) is 29.2. The van der Waals surface area contributed by atoms with E-state index in [1.165, 1.54) is 10.7 Å². The number of nitrogens with zero attached hydrogens (tertiary/aromatic N) is 5. The third-order valence-corrected chi connectivity index (χ3v) is 5.12. The average Bonchev–Trinajstić information content (AvgIpc) is 3.53. The van der Waals surface area contributed by atoms with Crippen molar-refractivity contribution >= 4 is 17.2 Å². The standard InChI is InChI=1S/C22H20N6O3/c1-31-21-9-8-19-24-18(12-27(19)26-21)15-3-2-4-16(11-15)23-20(29)13-28-22(30)10-7-17(25-28)14-5-6-14/h2-4,7-12,14H,5-6,13H2,1H3,(H,23,29). The molecule has 5 rings (SSSR count). The van der Waals surface area contributed by atoms with Crippen LogP contribution in [-0.2, 0) is 11.3 Å². The zero-order valence-corrected chi connectivity index (χ0v) is 16.9. The van der Waals surface area contributed by atoms with Gasteiger partial charge in [0.05, 0.1) is 24.7 Å². The van der Waals surface area contributed by atoms with E-state index >= 15 is 0 Å². The number of imidazole rings is 1. The van der Waals surface area contributed by atoms with Gasteiger partial charge in [0.2, 0.25) is 11.8 Å². The molecule has 1 aliphatic carbocycles. The van der Waals surface area contributed by atoms with E-state index in [2.05, 4.69) is 20.5 Å². The molecule has 1 saturated carbocycles. The minimum Gasteiger partial charge on any atom is -0.480 e. The fraction of sp³-hybridized carbons (Fsp3) is 0.227. The Kier molecular flexibility index (Phi) is 4.70. The number of methoxy groups -OCH3 is 1. The summed E-state index contributed by atoms with van der Waals surface area (Å²) < 4.78 is 8.00. The summed E-state index contributed by atoms with van der Waals surface area (Å²) in [6.07, 6.45) is 3.96. The first-order valence-electron chi connectivity index (χ1n) is 9.98. The topological polar surface area (TPSA) is 103 Å². The van der Waals surface area contributed by atoms with E-state index < -0.39 is 0 Å². The number of benzene rings is 1. The molecule has 3 aromatic heterocycles. The minimum atomic E-state index is -0.318. The van der Waals surface area contributed by atoms with Gasteiger partial charge in [-0.3, -0.25) is 9.59 Å². The molecule has 9 nitrogen and oxygen atoms in total. The molecule has 1 aromatic carbocycles. The highest BCUT2D eigenvalue weighted by Crippen LogP contribution is 2.38. The Morgan fingerprint density at radius 1 is 1.16 bits per heavy atom. The number of nitrogens with one attached hydrogen (secondary N) is 1. The summed E-state index contributed by atoms with van der Waals surface area (Å²) in [7, 11) is 1.56. The van der Waals surface area contributed by atoms with Crippen molar-refractivity contribution in [3.8, 4) is 17.1 Å². The van der Waals surface area contributed by atoms with Gasteiger partial charge in [0.25, 0.3) is 5.56 Å². The zero-order chi connectivity index (χ0) is 21.4. The lowest BCUT2D eigenvalue weighted by molar-refractivity contribution is -0.117. The van der Waals surface area contributed by atoms with Gasteiger partial charge in [-0.15, -0.1) is 5.10 Å². The van der Waals surface area contributed by atoms with Crippen LogP contribution in [0, 0.1) is 0 Å². The second kappa shape index (κ2) is 7.67. The number of rotatable bonds is 6. The molecule has 31 heavy (non-hydrogen) atoms. The first kappa shape index (κ1) is 19.0. The molecule has 0 unspecified atom stereocenters. The largest absolute Gasteiger partial charge is 0.480 e. The van der Waals surface area contributed by atoms with Crippen molar-refractivity contribution in [2.45, 2.75) is 25.3 Å². The number of hydrogen-bond donors (Lipinski definition) is 1. The van der Waals surface area contributed by atoms with Gasteiger partial charge < -0.3 is 10.1 Å². The lowest BCUT2D eigenvalue weighted by Gasteiger charge is -2.08. The quantitative estimate of drug-likeness (QED) is 0.518. The van der Waals surface area contributed by atoms with Crippen molar-refractivity contribution in [1.29, 1.82) is 0 Å². The Morgan fingerprint density at radius 3 is 2.84 bits per heavy atom. The highest BCUT2D eigenvalue weighted by atomic mass is 16.5. The van der Waals surface area contributed by atoms with Gasteiger partial charge in [0, 0.05) is 29.3 Å². The molecule has 3 heterocycles. The molecule has 0 saturated heterocycles. The van der Waals surface area contributed by atoms with Crippen LogP contribution in [0.1, 0.15) is 24.5 Å². The van der Waals surface area contributed by atoms with Crippen molar-refractivity contribution in [1.82, 2.24) is 24.4 Å². The number of carbonyl (C=O) groups is 1. The predicted molar refractivity (Wildman–Crippen MR) is 114 cm³/mol. The number of anilines is 1. The van der Waals surface area contributed by atoms with Crippen molar-refractivity contribution < 1.29 is 9.53 Å². The van der Waals surface area contributed by atoms with E-state index in [-0.39, 0.29) is 18.0 Å². The molecule has 4 aromatic rings. The molecule has 0 atom stereocenters. The third-order valence-electron chi connectivity index (χ3n) is 5.12. The van der Waals surface area contributed by atoms with E-state index in [1.54, 1.807) is 36.0 Å². The van der Waals surface area contributed by atoms with Gasteiger partial charge in [-0.05, 0) is 37.1 Å². The molecule has 1 N–H and O–H groups in total. The molecule has 0 radical (unpaired) electrons. The molecular weight excluding hydrogens is 396 g/mol. The van der Waals surface area contributed by atoms with E-state index in [1.807, 2.05) is 24.3 Å². The summed E-state index contributed by atoms with van der Waals surface area (Å²) in [5.41, 5.74) is 3.41. The maximum Gasteiger partial charge on any atom is 0.267 e. The molecule has 0 spiro atoms. The SMILES string of the molecule is COc1ccc2nc(-c3cccc(NC(=O)Cn4nc(C5CC5)ccc4=O)c3)cn2n1.